The number of amides is 1. The molecular formula is C23H26N5O3+. The molecule has 31 heavy (non-hydrogen) atoms. The summed E-state index contributed by atoms with van der Waals surface area (Å²) in [5, 5.41) is 11.3. The van der Waals surface area contributed by atoms with Gasteiger partial charge in [-0.15, -0.1) is 0 Å². The molecule has 0 unspecified atom stereocenters. The van der Waals surface area contributed by atoms with Gasteiger partial charge in [0.2, 0.25) is 0 Å². The van der Waals surface area contributed by atoms with Crippen molar-refractivity contribution in [3.63, 3.8) is 0 Å². The molecule has 0 radical (unpaired) electrons. The first-order valence-corrected chi connectivity index (χ1v) is 10.3. The van der Waals surface area contributed by atoms with Gasteiger partial charge in [0.25, 0.3) is 11.7 Å². The molecule has 3 aromatic heterocycles. The van der Waals surface area contributed by atoms with Crippen LogP contribution in [0.25, 0.3) is 11.4 Å². The Kier molecular flexibility index (Phi) is 5.56. The van der Waals surface area contributed by atoms with E-state index in [9.17, 15) is 14.7 Å². The highest BCUT2D eigenvalue weighted by molar-refractivity contribution is 6.46. The van der Waals surface area contributed by atoms with E-state index in [0.29, 0.717) is 29.1 Å². The van der Waals surface area contributed by atoms with Crippen molar-refractivity contribution in [2.75, 3.05) is 27.2 Å². The Morgan fingerprint density at radius 2 is 2.00 bits per heavy atom. The Balaban J connectivity index is 1.86. The van der Waals surface area contributed by atoms with E-state index in [1.807, 2.05) is 38.4 Å². The molecule has 160 valence electrons. The van der Waals surface area contributed by atoms with Gasteiger partial charge >= 0.3 is 0 Å². The molecular weight excluding hydrogens is 394 g/mol. The molecule has 8 heteroatoms. The summed E-state index contributed by atoms with van der Waals surface area (Å²) in [5.41, 5.74) is 2.41. The summed E-state index contributed by atoms with van der Waals surface area (Å²) in [6.07, 6.45) is 5.79. The predicted octanol–water partition coefficient (Wildman–Crippen LogP) is 0.994. The number of aliphatic hydroxyl groups excluding tert-OH is 1. The highest BCUT2D eigenvalue weighted by Crippen LogP contribution is 2.39. The fraction of sp³-hybridized carbons (Fsp3) is 0.304. The van der Waals surface area contributed by atoms with Crippen LogP contribution >= 0.6 is 0 Å². The summed E-state index contributed by atoms with van der Waals surface area (Å²) in [5.74, 6) is -1.51. The van der Waals surface area contributed by atoms with E-state index >= 15 is 0 Å². The fourth-order valence-electron chi connectivity index (χ4n) is 4.12. The monoisotopic (exact) mass is 420 g/mol. The van der Waals surface area contributed by atoms with E-state index in [1.54, 1.807) is 40.9 Å². The molecule has 1 aliphatic rings. The fourth-order valence-corrected chi connectivity index (χ4v) is 4.12. The largest absolute Gasteiger partial charge is 0.505 e. The zero-order valence-electron chi connectivity index (χ0n) is 17.9. The SMILES string of the molecule is Cc1nc2ccccn2c1/C(O)=C1\C(=O)C(=O)N(CCC[NH+](C)C)[C@@H]1c1cccnc1. The van der Waals surface area contributed by atoms with Crippen LogP contribution in [0.1, 0.15) is 29.4 Å². The van der Waals surface area contributed by atoms with Gasteiger partial charge in [0.05, 0.1) is 37.9 Å². The van der Waals surface area contributed by atoms with Crippen molar-refractivity contribution in [1.82, 2.24) is 19.3 Å². The zero-order chi connectivity index (χ0) is 22.1. The third-order valence-electron chi connectivity index (χ3n) is 5.54. The minimum absolute atomic E-state index is 0.0731. The zero-order valence-corrected chi connectivity index (χ0v) is 17.9. The van der Waals surface area contributed by atoms with Crippen molar-refractivity contribution < 1.29 is 19.6 Å². The molecule has 8 nitrogen and oxygen atoms in total. The average molecular weight is 420 g/mol. The van der Waals surface area contributed by atoms with Crippen LogP contribution in [0, 0.1) is 6.92 Å². The first-order valence-electron chi connectivity index (χ1n) is 10.3. The van der Waals surface area contributed by atoms with E-state index in [0.717, 1.165) is 13.0 Å². The highest BCUT2D eigenvalue weighted by atomic mass is 16.3. The summed E-state index contributed by atoms with van der Waals surface area (Å²) in [6, 6.07) is 8.39. The van der Waals surface area contributed by atoms with Gasteiger partial charge in [-0.05, 0) is 30.7 Å². The molecule has 2 N–H and O–H groups in total. The number of likely N-dealkylation sites (tertiary alicyclic amines) is 1. The number of Topliss-reactive ketones (excluding diaryl/α,β-unsaturated/α-hetero) is 1. The van der Waals surface area contributed by atoms with Crippen molar-refractivity contribution in [3.05, 3.63) is 71.4 Å². The maximum absolute atomic E-state index is 13.1. The van der Waals surface area contributed by atoms with Gasteiger partial charge in [-0.1, -0.05) is 12.1 Å². The quantitative estimate of drug-likeness (QED) is 0.353. The van der Waals surface area contributed by atoms with Gasteiger partial charge in [-0.25, -0.2) is 4.98 Å². The number of ketones is 1. The lowest BCUT2D eigenvalue weighted by atomic mass is 9.97. The van der Waals surface area contributed by atoms with E-state index in [2.05, 4.69) is 9.97 Å². The molecule has 0 saturated carbocycles. The lowest BCUT2D eigenvalue weighted by Gasteiger charge is -2.25. The molecule has 3 aromatic rings. The van der Waals surface area contributed by atoms with Crippen molar-refractivity contribution >= 4 is 23.1 Å². The molecule has 1 fully saturated rings. The number of hydrogen-bond acceptors (Lipinski definition) is 5. The van der Waals surface area contributed by atoms with Gasteiger partial charge in [0.15, 0.2) is 5.76 Å². The Hall–Kier alpha value is -3.52. The number of quaternary nitrogens is 1. The topological polar surface area (TPSA) is 92.2 Å². The average Bonchev–Trinajstić information content (AvgIpc) is 3.22. The van der Waals surface area contributed by atoms with E-state index in [-0.39, 0.29) is 11.3 Å². The van der Waals surface area contributed by atoms with Crippen molar-refractivity contribution in [2.45, 2.75) is 19.4 Å². The van der Waals surface area contributed by atoms with Crippen LogP contribution < -0.4 is 4.90 Å². The lowest BCUT2D eigenvalue weighted by Crippen LogP contribution is -3.05. The normalized spacial score (nSPS) is 18.5. The standard InChI is InChI=1S/C23H25N5O3/c1-15-19(27-12-5-4-9-17(27)25-15)21(29)18-20(16-8-6-10-24-14-16)28(23(31)22(18)30)13-7-11-26(2)3/h4-6,8-10,12,14,20,29H,7,11,13H2,1-3H3/p+1/b21-18+/t20-/m1/s1. The number of aromatic nitrogens is 3. The molecule has 0 spiro atoms. The molecule has 0 aromatic carbocycles. The van der Waals surface area contributed by atoms with E-state index in [1.165, 1.54) is 4.90 Å². The summed E-state index contributed by atoms with van der Waals surface area (Å²) < 4.78 is 1.73. The molecule has 4 heterocycles. The van der Waals surface area contributed by atoms with Gasteiger partial charge < -0.3 is 14.9 Å². The smallest absolute Gasteiger partial charge is 0.295 e. The van der Waals surface area contributed by atoms with Crippen molar-refractivity contribution in [1.29, 1.82) is 0 Å². The van der Waals surface area contributed by atoms with Crippen LogP contribution in [0.4, 0.5) is 0 Å². The summed E-state index contributed by atoms with van der Waals surface area (Å²) in [7, 11) is 4.08. The van der Waals surface area contributed by atoms with Crippen LogP contribution in [0.3, 0.4) is 0 Å². The number of nitrogens with zero attached hydrogens (tertiary/aromatic N) is 4. The van der Waals surface area contributed by atoms with Gasteiger partial charge in [-0.3, -0.25) is 19.0 Å². The molecule has 1 saturated heterocycles. The van der Waals surface area contributed by atoms with Crippen LogP contribution in [0.5, 0.6) is 0 Å². The number of carbonyl (C=O) groups is 2. The maximum atomic E-state index is 13.1. The van der Waals surface area contributed by atoms with Crippen LogP contribution in [-0.4, -0.2) is 63.3 Å². The molecule has 1 aliphatic heterocycles. The Labute approximate surface area is 180 Å². The van der Waals surface area contributed by atoms with Crippen molar-refractivity contribution in [2.24, 2.45) is 0 Å². The molecule has 0 aliphatic carbocycles. The number of pyridine rings is 2. The number of carbonyl (C=O) groups excluding carboxylic acids is 2. The predicted molar refractivity (Wildman–Crippen MR) is 115 cm³/mol. The van der Waals surface area contributed by atoms with E-state index in [4.69, 9.17) is 0 Å². The second-order valence-corrected chi connectivity index (χ2v) is 8.06. The minimum atomic E-state index is -0.695. The number of nitrogens with one attached hydrogen (secondary N) is 1. The van der Waals surface area contributed by atoms with Gasteiger partial charge in [0, 0.05) is 31.6 Å². The first-order chi connectivity index (χ1) is 14.9. The Morgan fingerprint density at radius 3 is 2.71 bits per heavy atom. The Bertz CT molecular complexity index is 1170. The number of aryl methyl sites for hydroxylation is 1. The number of aliphatic hydroxyl groups is 1. The number of fused-ring (bicyclic) bond motifs is 1. The number of imidazole rings is 1. The van der Waals surface area contributed by atoms with Crippen LogP contribution in [-0.2, 0) is 9.59 Å². The van der Waals surface area contributed by atoms with E-state index < -0.39 is 17.7 Å². The maximum Gasteiger partial charge on any atom is 0.295 e. The summed E-state index contributed by atoms with van der Waals surface area (Å²) in [6.45, 7) is 3.05. The third kappa shape index (κ3) is 3.70. The molecule has 4 rings (SSSR count). The second-order valence-electron chi connectivity index (χ2n) is 8.06. The summed E-state index contributed by atoms with van der Waals surface area (Å²) in [4.78, 5) is 37.6. The third-order valence-corrected chi connectivity index (χ3v) is 5.54. The molecule has 1 amide bonds. The number of hydrogen-bond donors (Lipinski definition) is 2. The van der Waals surface area contributed by atoms with Crippen molar-refractivity contribution in [3.8, 4) is 0 Å². The molecule has 0 bridgehead atoms. The highest BCUT2D eigenvalue weighted by Gasteiger charge is 2.46. The van der Waals surface area contributed by atoms with Crippen LogP contribution in [0.15, 0.2) is 54.5 Å². The summed E-state index contributed by atoms with van der Waals surface area (Å²) >= 11 is 0. The Morgan fingerprint density at radius 1 is 1.19 bits per heavy atom. The lowest BCUT2D eigenvalue weighted by molar-refractivity contribution is -0.858. The van der Waals surface area contributed by atoms with Crippen LogP contribution in [0.2, 0.25) is 0 Å². The minimum Gasteiger partial charge on any atom is -0.505 e. The molecule has 1 atom stereocenters. The second kappa shape index (κ2) is 8.31. The number of rotatable bonds is 6. The van der Waals surface area contributed by atoms with Gasteiger partial charge in [-0.2, -0.15) is 0 Å². The first kappa shape index (κ1) is 20.7. The van der Waals surface area contributed by atoms with Gasteiger partial charge in [0.1, 0.15) is 11.3 Å².